The summed E-state index contributed by atoms with van der Waals surface area (Å²) >= 11 is 6.88. The molecule has 1 aromatic carbocycles. The van der Waals surface area contributed by atoms with E-state index in [9.17, 15) is 4.79 Å². The van der Waals surface area contributed by atoms with Gasteiger partial charge in [-0.1, -0.05) is 0 Å². The quantitative estimate of drug-likeness (QED) is 0.780. The van der Waals surface area contributed by atoms with Crippen LogP contribution in [-0.4, -0.2) is 25.1 Å². The van der Waals surface area contributed by atoms with E-state index in [1.807, 2.05) is 26.0 Å². The van der Waals surface area contributed by atoms with Crippen LogP contribution in [0, 0.1) is 0 Å². The molecule has 19 heavy (non-hydrogen) atoms. The number of amides is 1. The number of ether oxygens (including phenoxy) is 1. The predicted molar refractivity (Wildman–Crippen MR) is 83.4 cm³/mol. The van der Waals surface area contributed by atoms with E-state index in [0.717, 1.165) is 20.9 Å². The first-order valence-corrected chi connectivity index (χ1v) is 7.62. The van der Waals surface area contributed by atoms with Gasteiger partial charge in [0.05, 0.1) is 8.95 Å². The number of carbonyl (C=O) groups excluding carboxylic acids is 1. The van der Waals surface area contributed by atoms with Crippen molar-refractivity contribution in [3.8, 4) is 5.75 Å². The van der Waals surface area contributed by atoms with Crippen molar-refractivity contribution in [1.82, 2.24) is 5.32 Å². The molecule has 1 rings (SSSR count). The maximum absolute atomic E-state index is 11.5. The highest BCUT2D eigenvalue weighted by Gasteiger charge is 2.11. The number of rotatable bonds is 6. The van der Waals surface area contributed by atoms with Crippen LogP contribution in [0.5, 0.6) is 5.75 Å². The Bertz CT molecular complexity index is 427. The molecule has 4 nitrogen and oxygen atoms in total. The second kappa shape index (κ2) is 7.87. The van der Waals surface area contributed by atoms with Crippen molar-refractivity contribution in [2.75, 3.05) is 13.2 Å². The standard InChI is InChI=1S/C13H18Br2N2O2/c1-8(2)17-12(18)7-19-13-10(14)5-9(3-4-16)6-11(13)15/h5-6,8H,3-4,7,16H2,1-2H3,(H,17,18). The van der Waals surface area contributed by atoms with E-state index in [2.05, 4.69) is 37.2 Å². The van der Waals surface area contributed by atoms with Gasteiger partial charge in [0, 0.05) is 6.04 Å². The Morgan fingerprint density at radius 2 is 1.95 bits per heavy atom. The summed E-state index contributed by atoms with van der Waals surface area (Å²) in [5.74, 6) is 0.486. The van der Waals surface area contributed by atoms with Crippen molar-refractivity contribution < 1.29 is 9.53 Å². The highest BCUT2D eigenvalue weighted by molar-refractivity contribution is 9.11. The molecule has 0 atom stereocenters. The number of benzene rings is 1. The maximum Gasteiger partial charge on any atom is 0.258 e. The van der Waals surface area contributed by atoms with Crippen molar-refractivity contribution >= 4 is 37.8 Å². The number of halogens is 2. The largest absolute Gasteiger partial charge is 0.481 e. The lowest BCUT2D eigenvalue weighted by atomic mass is 10.1. The first kappa shape index (κ1) is 16.5. The van der Waals surface area contributed by atoms with E-state index >= 15 is 0 Å². The molecule has 0 fully saturated rings. The van der Waals surface area contributed by atoms with Crippen molar-refractivity contribution in [2.45, 2.75) is 26.3 Å². The normalized spacial score (nSPS) is 10.6. The van der Waals surface area contributed by atoms with Crippen LogP contribution in [0.25, 0.3) is 0 Å². The summed E-state index contributed by atoms with van der Waals surface area (Å²) in [5.41, 5.74) is 6.64. The summed E-state index contributed by atoms with van der Waals surface area (Å²) in [5, 5.41) is 2.77. The van der Waals surface area contributed by atoms with Crippen molar-refractivity contribution in [2.24, 2.45) is 5.73 Å². The van der Waals surface area contributed by atoms with Crippen molar-refractivity contribution in [3.63, 3.8) is 0 Å². The summed E-state index contributed by atoms with van der Waals surface area (Å²) in [6.07, 6.45) is 0.797. The minimum Gasteiger partial charge on any atom is -0.481 e. The fraction of sp³-hybridized carbons (Fsp3) is 0.462. The van der Waals surface area contributed by atoms with E-state index in [1.165, 1.54) is 0 Å². The first-order chi connectivity index (χ1) is 8.93. The van der Waals surface area contributed by atoms with Crippen LogP contribution >= 0.6 is 31.9 Å². The third-order valence-corrected chi connectivity index (χ3v) is 3.47. The molecule has 106 valence electrons. The first-order valence-electron chi connectivity index (χ1n) is 6.04. The third-order valence-electron chi connectivity index (χ3n) is 2.29. The van der Waals surface area contributed by atoms with Gasteiger partial charge in [-0.2, -0.15) is 0 Å². The van der Waals surface area contributed by atoms with Crippen LogP contribution in [-0.2, 0) is 11.2 Å². The molecule has 0 aliphatic carbocycles. The average molecular weight is 394 g/mol. The second-order valence-corrected chi connectivity index (χ2v) is 6.15. The molecule has 3 N–H and O–H groups in total. The predicted octanol–water partition coefficient (Wildman–Crippen LogP) is 2.62. The highest BCUT2D eigenvalue weighted by Crippen LogP contribution is 2.34. The Kier molecular flexibility index (Phi) is 6.82. The number of nitrogens with two attached hydrogens (primary N) is 1. The van der Waals surface area contributed by atoms with Crippen LogP contribution in [0.1, 0.15) is 19.4 Å². The number of carbonyl (C=O) groups is 1. The zero-order chi connectivity index (χ0) is 14.4. The molecular weight excluding hydrogens is 376 g/mol. The Morgan fingerprint density at radius 1 is 1.37 bits per heavy atom. The van der Waals surface area contributed by atoms with Gasteiger partial charge in [-0.3, -0.25) is 4.79 Å². The van der Waals surface area contributed by atoms with Crippen molar-refractivity contribution in [3.05, 3.63) is 26.6 Å². The fourth-order valence-corrected chi connectivity index (χ4v) is 3.07. The van der Waals surface area contributed by atoms with Crippen LogP contribution < -0.4 is 15.8 Å². The van der Waals surface area contributed by atoms with Gasteiger partial charge < -0.3 is 15.8 Å². The Morgan fingerprint density at radius 3 is 2.42 bits per heavy atom. The molecule has 0 aliphatic rings. The lowest BCUT2D eigenvalue weighted by Crippen LogP contribution is -2.34. The molecule has 0 saturated carbocycles. The number of nitrogens with one attached hydrogen (secondary N) is 1. The van der Waals surface area contributed by atoms with E-state index in [4.69, 9.17) is 10.5 Å². The molecule has 0 saturated heterocycles. The summed E-state index contributed by atoms with van der Waals surface area (Å²) in [4.78, 5) is 11.5. The average Bonchev–Trinajstić information content (AvgIpc) is 2.27. The molecule has 0 bridgehead atoms. The van der Waals surface area contributed by atoms with Crippen LogP contribution in [0.2, 0.25) is 0 Å². The molecule has 0 radical (unpaired) electrons. The van der Waals surface area contributed by atoms with E-state index < -0.39 is 0 Å². The Hall–Kier alpha value is -0.590. The van der Waals surface area contributed by atoms with Gasteiger partial charge >= 0.3 is 0 Å². The van der Waals surface area contributed by atoms with Crippen LogP contribution in [0.3, 0.4) is 0 Å². The fourth-order valence-electron chi connectivity index (χ4n) is 1.56. The molecule has 0 aromatic heterocycles. The molecule has 1 amide bonds. The number of hydrogen-bond donors (Lipinski definition) is 2. The van der Waals surface area contributed by atoms with Crippen LogP contribution in [0.4, 0.5) is 0 Å². The summed E-state index contributed by atoms with van der Waals surface area (Å²) in [7, 11) is 0. The second-order valence-electron chi connectivity index (χ2n) is 4.44. The van der Waals surface area contributed by atoms with Gasteiger partial charge in [-0.15, -0.1) is 0 Å². The lowest BCUT2D eigenvalue weighted by Gasteiger charge is -2.13. The van der Waals surface area contributed by atoms with Gasteiger partial charge in [0.15, 0.2) is 6.61 Å². The molecule has 0 unspecified atom stereocenters. The zero-order valence-electron chi connectivity index (χ0n) is 11.0. The molecule has 6 heteroatoms. The molecule has 0 heterocycles. The molecule has 1 aromatic rings. The highest BCUT2D eigenvalue weighted by atomic mass is 79.9. The monoisotopic (exact) mass is 392 g/mol. The Balaban J connectivity index is 2.71. The summed E-state index contributed by atoms with van der Waals surface area (Å²) in [6.45, 7) is 4.40. The summed E-state index contributed by atoms with van der Waals surface area (Å²) < 4.78 is 7.14. The molecule has 0 spiro atoms. The van der Waals surface area contributed by atoms with E-state index in [1.54, 1.807) is 0 Å². The third kappa shape index (κ3) is 5.50. The summed E-state index contributed by atoms with van der Waals surface area (Å²) in [6, 6.07) is 4.01. The minimum absolute atomic E-state index is 0.00832. The topological polar surface area (TPSA) is 64.3 Å². The smallest absolute Gasteiger partial charge is 0.258 e. The maximum atomic E-state index is 11.5. The molecule has 0 aliphatic heterocycles. The van der Waals surface area contributed by atoms with Crippen molar-refractivity contribution in [1.29, 1.82) is 0 Å². The van der Waals surface area contributed by atoms with Gasteiger partial charge in [-0.25, -0.2) is 0 Å². The Labute approximate surface area is 130 Å². The van der Waals surface area contributed by atoms with E-state index in [0.29, 0.717) is 12.3 Å². The van der Waals surface area contributed by atoms with Gasteiger partial charge in [0.2, 0.25) is 0 Å². The van der Waals surface area contributed by atoms with Gasteiger partial charge in [0.25, 0.3) is 5.91 Å². The van der Waals surface area contributed by atoms with Crippen LogP contribution in [0.15, 0.2) is 21.1 Å². The SMILES string of the molecule is CC(C)NC(=O)COc1c(Br)cc(CCN)cc1Br. The number of hydrogen-bond acceptors (Lipinski definition) is 3. The molecular formula is C13H18Br2N2O2. The zero-order valence-corrected chi connectivity index (χ0v) is 14.2. The van der Waals surface area contributed by atoms with Gasteiger partial charge in [-0.05, 0) is 76.4 Å². The van der Waals surface area contributed by atoms with Gasteiger partial charge in [0.1, 0.15) is 5.75 Å². The lowest BCUT2D eigenvalue weighted by molar-refractivity contribution is -0.123. The minimum atomic E-state index is -0.139. The van der Waals surface area contributed by atoms with E-state index in [-0.39, 0.29) is 18.6 Å².